The molecule has 0 saturated carbocycles. The van der Waals surface area contributed by atoms with Crippen molar-refractivity contribution in [2.24, 2.45) is 0 Å². The molecular weight excluding hydrogens is 250 g/mol. The Morgan fingerprint density at radius 2 is 1.84 bits per heavy atom. The topological polar surface area (TPSA) is 37.0 Å². The van der Waals surface area contributed by atoms with Gasteiger partial charge in [0.15, 0.2) is 17.4 Å². The fourth-order valence-corrected chi connectivity index (χ4v) is 1.77. The SMILES string of the molecule is Fc1ccc(NOc2ccc3[nH]ccc3c2)cc1F. The van der Waals surface area contributed by atoms with Crippen LogP contribution in [0.25, 0.3) is 10.9 Å². The zero-order chi connectivity index (χ0) is 13.2. The molecule has 19 heavy (non-hydrogen) atoms. The number of rotatable bonds is 3. The van der Waals surface area contributed by atoms with Crippen LogP contribution in [0.1, 0.15) is 0 Å². The van der Waals surface area contributed by atoms with Crippen molar-refractivity contribution in [1.82, 2.24) is 4.98 Å². The minimum absolute atomic E-state index is 0.341. The number of halogens is 2. The van der Waals surface area contributed by atoms with Gasteiger partial charge in [0.25, 0.3) is 0 Å². The molecule has 3 nitrogen and oxygen atoms in total. The molecule has 1 heterocycles. The third-order valence-corrected chi connectivity index (χ3v) is 2.73. The first-order chi connectivity index (χ1) is 9.22. The average Bonchev–Trinajstić information content (AvgIpc) is 2.87. The second kappa shape index (κ2) is 4.61. The standard InChI is InChI=1S/C14H10F2N2O/c15-12-3-1-10(8-13(12)16)18-19-11-2-4-14-9(7-11)5-6-17-14/h1-8,17-18H. The van der Waals surface area contributed by atoms with E-state index in [4.69, 9.17) is 4.84 Å². The zero-order valence-electron chi connectivity index (χ0n) is 9.78. The lowest BCUT2D eigenvalue weighted by Gasteiger charge is -2.08. The molecule has 0 amide bonds. The zero-order valence-corrected chi connectivity index (χ0v) is 9.78. The fraction of sp³-hybridized carbons (Fsp3) is 0. The lowest BCUT2D eigenvalue weighted by Crippen LogP contribution is -2.05. The number of fused-ring (bicyclic) bond motifs is 1. The van der Waals surface area contributed by atoms with Gasteiger partial charge in [0.2, 0.25) is 0 Å². The molecule has 0 radical (unpaired) electrons. The van der Waals surface area contributed by atoms with Crippen LogP contribution in [0, 0.1) is 11.6 Å². The molecule has 0 bridgehead atoms. The van der Waals surface area contributed by atoms with Gasteiger partial charge in [-0.1, -0.05) is 0 Å². The molecule has 2 N–H and O–H groups in total. The number of benzene rings is 2. The first-order valence-electron chi connectivity index (χ1n) is 5.67. The summed E-state index contributed by atoms with van der Waals surface area (Å²) < 4.78 is 25.8. The van der Waals surface area contributed by atoms with Crippen LogP contribution in [0.2, 0.25) is 0 Å². The lowest BCUT2D eigenvalue weighted by molar-refractivity contribution is 0.404. The van der Waals surface area contributed by atoms with Crippen molar-refractivity contribution in [3.63, 3.8) is 0 Å². The largest absolute Gasteiger partial charge is 0.382 e. The molecule has 0 saturated heterocycles. The highest BCUT2D eigenvalue weighted by atomic mass is 19.2. The van der Waals surface area contributed by atoms with Gasteiger partial charge < -0.3 is 9.82 Å². The molecule has 2 aromatic carbocycles. The first kappa shape index (κ1) is 11.5. The summed E-state index contributed by atoms with van der Waals surface area (Å²) in [4.78, 5) is 8.38. The van der Waals surface area contributed by atoms with Gasteiger partial charge in [0.05, 0.1) is 5.69 Å². The van der Waals surface area contributed by atoms with E-state index in [0.29, 0.717) is 11.4 Å². The molecular formula is C14H10F2N2O. The van der Waals surface area contributed by atoms with Crippen molar-refractivity contribution in [2.75, 3.05) is 5.48 Å². The van der Waals surface area contributed by atoms with Crippen LogP contribution in [0.3, 0.4) is 0 Å². The molecule has 0 unspecified atom stereocenters. The van der Waals surface area contributed by atoms with Crippen LogP contribution in [0.4, 0.5) is 14.5 Å². The average molecular weight is 260 g/mol. The fourth-order valence-electron chi connectivity index (χ4n) is 1.77. The van der Waals surface area contributed by atoms with Gasteiger partial charge in [0, 0.05) is 23.2 Å². The lowest BCUT2D eigenvalue weighted by atomic mass is 10.2. The first-order valence-corrected chi connectivity index (χ1v) is 5.67. The normalized spacial score (nSPS) is 10.6. The Balaban J connectivity index is 1.75. The van der Waals surface area contributed by atoms with Gasteiger partial charge in [-0.25, -0.2) is 14.3 Å². The van der Waals surface area contributed by atoms with Crippen molar-refractivity contribution in [2.45, 2.75) is 0 Å². The quantitative estimate of drug-likeness (QED) is 0.702. The number of hydrogen-bond acceptors (Lipinski definition) is 2. The van der Waals surface area contributed by atoms with E-state index in [1.807, 2.05) is 24.4 Å². The minimum atomic E-state index is -0.922. The van der Waals surface area contributed by atoms with Gasteiger partial charge in [-0.2, -0.15) is 0 Å². The number of aromatic amines is 1. The molecule has 5 heteroatoms. The predicted octanol–water partition coefficient (Wildman–Crippen LogP) is 3.85. The Morgan fingerprint density at radius 3 is 2.68 bits per heavy atom. The summed E-state index contributed by atoms with van der Waals surface area (Å²) in [6, 6.07) is 10.9. The Labute approximate surface area is 107 Å². The van der Waals surface area contributed by atoms with Crippen LogP contribution < -0.4 is 10.3 Å². The van der Waals surface area contributed by atoms with Crippen molar-refractivity contribution < 1.29 is 13.6 Å². The highest BCUT2D eigenvalue weighted by molar-refractivity contribution is 5.80. The maximum atomic E-state index is 13.0. The number of anilines is 1. The second-order valence-corrected chi connectivity index (χ2v) is 4.06. The van der Waals surface area contributed by atoms with Crippen LogP contribution in [0.5, 0.6) is 5.75 Å². The van der Waals surface area contributed by atoms with Crippen molar-refractivity contribution in [3.8, 4) is 5.75 Å². The minimum Gasteiger partial charge on any atom is -0.382 e. The monoisotopic (exact) mass is 260 g/mol. The van der Waals surface area contributed by atoms with Gasteiger partial charge in [-0.05, 0) is 36.4 Å². The highest BCUT2D eigenvalue weighted by Crippen LogP contribution is 2.20. The molecule has 1 aromatic heterocycles. The van der Waals surface area contributed by atoms with Crippen LogP contribution >= 0.6 is 0 Å². The van der Waals surface area contributed by atoms with Crippen LogP contribution in [0.15, 0.2) is 48.7 Å². The second-order valence-electron chi connectivity index (χ2n) is 4.06. The molecule has 96 valence electrons. The summed E-state index contributed by atoms with van der Waals surface area (Å²) in [5.74, 6) is -1.23. The summed E-state index contributed by atoms with van der Waals surface area (Å²) in [6.45, 7) is 0. The van der Waals surface area contributed by atoms with E-state index in [1.54, 1.807) is 6.07 Å². The van der Waals surface area contributed by atoms with E-state index < -0.39 is 11.6 Å². The molecule has 0 aliphatic rings. The Hall–Kier alpha value is -2.56. The van der Waals surface area contributed by atoms with E-state index in [1.165, 1.54) is 6.07 Å². The Kier molecular flexibility index (Phi) is 2.79. The number of H-pyrrole nitrogens is 1. The Bertz CT molecular complexity index is 724. The molecule has 3 rings (SSSR count). The van der Waals surface area contributed by atoms with Gasteiger partial charge in [0.1, 0.15) is 0 Å². The molecule has 0 fully saturated rings. The van der Waals surface area contributed by atoms with E-state index >= 15 is 0 Å². The third kappa shape index (κ3) is 2.35. The predicted molar refractivity (Wildman–Crippen MR) is 68.9 cm³/mol. The number of aromatic nitrogens is 1. The van der Waals surface area contributed by atoms with E-state index in [0.717, 1.165) is 23.0 Å². The summed E-state index contributed by atoms with van der Waals surface area (Å²) in [6.07, 6.45) is 1.83. The summed E-state index contributed by atoms with van der Waals surface area (Å²) in [5.41, 5.74) is 3.91. The summed E-state index contributed by atoms with van der Waals surface area (Å²) >= 11 is 0. The van der Waals surface area contributed by atoms with E-state index in [-0.39, 0.29) is 0 Å². The molecule has 0 aliphatic heterocycles. The molecule has 0 spiro atoms. The smallest absolute Gasteiger partial charge is 0.161 e. The van der Waals surface area contributed by atoms with Gasteiger partial charge in [-0.3, -0.25) is 0 Å². The van der Waals surface area contributed by atoms with Crippen molar-refractivity contribution >= 4 is 16.6 Å². The summed E-state index contributed by atoms with van der Waals surface area (Å²) in [7, 11) is 0. The van der Waals surface area contributed by atoms with Gasteiger partial charge in [-0.15, -0.1) is 0 Å². The number of nitrogens with one attached hydrogen (secondary N) is 2. The molecule has 0 atom stereocenters. The maximum Gasteiger partial charge on any atom is 0.161 e. The molecule has 3 aromatic rings. The van der Waals surface area contributed by atoms with Crippen LogP contribution in [-0.4, -0.2) is 4.98 Å². The number of hydrogen-bond donors (Lipinski definition) is 2. The Morgan fingerprint density at radius 1 is 0.947 bits per heavy atom. The van der Waals surface area contributed by atoms with E-state index in [2.05, 4.69) is 10.5 Å². The molecule has 0 aliphatic carbocycles. The van der Waals surface area contributed by atoms with Crippen molar-refractivity contribution in [3.05, 3.63) is 60.3 Å². The van der Waals surface area contributed by atoms with Crippen molar-refractivity contribution in [1.29, 1.82) is 0 Å². The third-order valence-electron chi connectivity index (χ3n) is 2.73. The van der Waals surface area contributed by atoms with Gasteiger partial charge >= 0.3 is 0 Å². The highest BCUT2D eigenvalue weighted by Gasteiger charge is 2.03. The van der Waals surface area contributed by atoms with Crippen LogP contribution in [-0.2, 0) is 0 Å². The summed E-state index contributed by atoms with van der Waals surface area (Å²) in [5, 5.41) is 1.00. The van der Waals surface area contributed by atoms with E-state index in [9.17, 15) is 8.78 Å². The maximum absolute atomic E-state index is 13.0.